The molecule has 3 rings (SSSR count). The van der Waals surface area contributed by atoms with Gasteiger partial charge in [0.2, 0.25) is 11.8 Å². The summed E-state index contributed by atoms with van der Waals surface area (Å²) in [7, 11) is 0. The number of benzene rings is 1. The molecule has 0 aliphatic carbocycles. The lowest BCUT2D eigenvalue weighted by molar-refractivity contribution is -0.130. The highest BCUT2D eigenvalue weighted by Gasteiger charge is 2.26. The van der Waals surface area contributed by atoms with Crippen molar-refractivity contribution >= 4 is 29.5 Å². The number of hydrogen-bond acceptors (Lipinski definition) is 5. The number of carbonyl (C=O) groups excluding carboxylic acids is 2. The summed E-state index contributed by atoms with van der Waals surface area (Å²) in [5.74, 6) is -0.373. The van der Waals surface area contributed by atoms with Crippen LogP contribution in [0.5, 0.6) is 0 Å². The quantitative estimate of drug-likeness (QED) is 0.582. The molecule has 182 valence electrons. The van der Waals surface area contributed by atoms with Crippen molar-refractivity contribution in [1.82, 2.24) is 14.7 Å². The van der Waals surface area contributed by atoms with Crippen molar-refractivity contribution in [2.45, 2.75) is 38.4 Å². The van der Waals surface area contributed by atoms with Gasteiger partial charge in [-0.2, -0.15) is 0 Å². The fraction of sp³-hybridized carbons (Fsp3) is 0.583. The second kappa shape index (κ2) is 11.9. The van der Waals surface area contributed by atoms with E-state index < -0.39 is 11.9 Å². The summed E-state index contributed by atoms with van der Waals surface area (Å²) < 4.78 is 13.3. The maximum Gasteiger partial charge on any atom is 0.246 e. The standard InChI is InChI=1S/C24H33ClFN3O4/c1-17-12-20(31)16-27(14-17)15-19(30)6-8-28-10-11-29(9-7-24(28)33)23(32)5-3-18-2-4-22(26)21(25)13-18/h2-5,13,17,19-20,30-31H,6-12,14-16H2,1H3/t17-,19-,20+/m1/s1. The molecule has 3 atom stereocenters. The zero-order valence-corrected chi connectivity index (χ0v) is 19.8. The summed E-state index contributed by atoms with van der Waals surface area (Å²) in [6.07, 6.45) is 3.51. The minimum Gasteiger partial charge on any atom is -0.392 e. The first kappa shape index (κ1) is 25.6. The second-order valence-corrected chi connectivity index (χ2v) is 9.53. The number of carbonyl (C=O) groups is 2. The number of halogens is 2. The van der Waals surface area contributed by atoms with E-state index in [1.807, 2.05) is 0 Å². The number of nitrogens with zero attached hydrogens (tertiary/aromatic N) is 3. The van der Waals surface area contributed by atoms with Crippen LogP contribution in [0.15, 0.2) is 24.3 Å². The molecule has 2 fully saturated rings. The monoisotopic (exact) mass is 481 g/mol. The van der Waals surface area contributed by atoms with Crippen LogP contribution < -0.4 is 0 Å². The summed E-state index contributed by atoms with van der Waals surface area (Å²) in [6, 6.07) is 4.23. The van der Waals surface area contributed by atoms with Gasteiger partial charge in [-0.15, -0.1) is 0 Å². The fourth-order valence-corrected chi connectivity index (χ4v) is 4.67. The Morgan fingerprint density at radius 1 is 1.30 bits per heavy atom. The Bertz CT molecular complexity index is 858. The lowest BCUT2D eigenvalue weighted by Gasteiger charge is -2.35. The number of rotatable bonds is 7. The minimum absolute atomic E-state index is 0.00576. The summed E-state index contributed by atoms with van der Waals surface area (Å²) in [6.45, 7) is 5.57. The van der Waals surface area contributed by atoms with Crippen LogP contribution in [0.1, 0.15) is 31.7 Å². The molecule has 2 saturated heterocycles. The van der Waals surface area contributed by atoms with Gasteiger partial charge >= 0.3 is 0 Å². The Kier molecular flexibility index (Phi) is 9.26. The first-order chi connectivity index (χ1) is 15.7. The predicted molar refractivity (Wildman–Crippen MR) is 125 cm³/mol. The van der Waals surface area contributed by atoms with Crippen LogP contribution in [-0.4, -0.2) is 94.7 Å². The van der Waals surface area contributed by atoms with E-state index >= 15 is 0 Å². The van der Waals surface area contributed by atoms with Crippen LogP contribution in [0.25, 0.3) is 6.08 Å². The first-order valence-electron chi connectivity index (χ1n) is 11.5. The third kappa shape index (κ3) is 7.78. The van der Waals surface area contributed by atoms with Crippen LogP contribution in [0, 0.1) is 11.7 Å². The van der Waals surface area contributed by atoms with Gasteiger partial charge in [0.25, 0.3) is 0 Å². The number of hydrogen-bond donors (Lipinski definition) is 2. The van der Waals surface area contributed by atoms with Crippen LogP contribution in [0.2, 0.25) is 5.02 Å². The zero-order valence-electron chi connectivity index (χ0n) is 19.0. The Balaban J connectivity index is 1.46. The van der Waals surface area contributed by atoms with E-state index in [0.717, 1.165) is 13.0 Å². The lowest BCUT2D eigenvalue weighted by atomic mass is 9.97. The van der Waals surface area contributed by atoms with E-state index in [2.05, 4.69) is 11.8 Å². The van der Waals surface area contributed by atoms with Crippen molar-refractivity contribution in [2.75, 3.05) is 45.8 Å². The predicted octanol–water partition coefficient (Wildman–Crippen LogP) is 2.01. The number of likely N-dealkylation sites (tertiary alicyclic amines) is 1. The number of aliphatic hydroxyl groups is 2. The molecule has 1 aromatic rings. The van der Waals surface area contributed by atoms with Crippen LogP contribution >= 0.6 is 11.6 Å². The first-order valence-corrected chi connectivity index (χ1v) is 11.9. The van der Waals surface area contributed by atoms with E-state index in [4.69, 9.17) is 11.6 Å². The van der Waals surface area contributed by atoms with Crippen LogP contribution in [-0.2, 0) is 9.59 Å². The van der Waals surface area contributed by atoms with Gasteiger partial charge < -0.3 is 20.0 Å². The average Bonchev–Trinajstić information content (AvgIpc) is 2.93. The van der Waals surface area contributed by atoms with Crippen molar-refractivity contribution in [2.24, 2.45) is 5.92 Å². The van der Waals surface area contributed by atoms with Crippen molar-refractivity contribution in [1.29, 1.82) is 0 Å². The van der Waals surface area contributed by atoms with Gasteiger partial charge in [-0.05, 0) is 42.5 Å². The normalized spacial score (nSPS) is 23.7. The molecule has 0 unspecified atom stereocenters. The molecule has 2 aliphatic rings. The molecule has 0 radical (unpaired) electrons. The molecule has 2 aliphatic heterocycles. The second-order valence-electron chi connectivity index (χ2n) is 9.12. The molecule has 2 heterocycles. The highest BCUT2D eigenvalue weighted by molar-refractivity contribution is 6.30. The zero-order chi connectivity index (χ0) is 24.0. The van der Waals surface area contributed by atoms with Crippen molar-refractivity contribution in [3.63, 3.8) is 0 Å². The summed E-state index contributed by atoms with van der Waals surface area (Å²) in [5, 5.41) is 20.4. The fourth-order valence-electron chi connectivity index (χ4n) is 4.48. The van der Waals surface area contributed by atoms with Gasteiger partial charge in [0.1, 0.15) is 5.82 Å². The highest BCUT2D eigenvalue weighted by Crippen LogP contribution is 2.18. The number of β-amino-alcohol motifs (C(OH)–C–C–N with tert-alkyl or cyclic N) is 2. The Morgan fingerprint density at radius 2 is 2.09 bits per heavy atom. The summed E-state index contributed by atoms with van der Waals surface area (Å²) in [4.78, 5) is 30.5. The van der Waals surface area contributed by atoms with Crippen LogP contribution in [0.4, 0.5) is 4.39 Å². The molecule has 7 nitrogen and oxygen atoms in total. The number of aliphatic hydroxyl groups excluding tert-OH is 2. The Morgan fingerprint density at radius 3 is 2.82 bits per heavy atom. The average molecular weight is 482 g/mol. The highest BCUT2D eigenvalue weighted by atomic mass is 35.5. The summed E-state index contributed by atoms with van der Waals surface area (Å²) in [5.41, 5.74) is 0.617. The van der Waals surface area contributed by atoms with Gasteiger partial charge in [-0.3, -0.25) is 14.5 Å². The smallest absolute Gasteiger partial charge is 0.246 e. The molecule has 0 aromatic heterocycles. The molecular formula is C24H33ClFN3O4. The largest absolute Gasteiger partial charge is 0.392 e. The maximum atomic E-state index is 13.3. The van der Waals surface area contributed by atoms with E-state index in [0.29, 0.717) is 57.2 Å². The molecule has 0 spiro atoms. The third-order valence-electron chi connectivity index (χ3n) is 6.18. The van der Waals surface area contributed by atoms with Crippen molar-refractivity contribution < 1.29 is 24.2 Å². The van der Waals surface area contributed by atoms with Gasteiger partial charge in [-0.25, -0.2) is 4.39 Å². The Hall–Kier alpha value is -2.00. The van der Waals surface area contributed by atoms with Gasteiger partial charge in [0.15, 0.2) is 0 Å². The van der Waals surface area contributed by atoms with E-state index in [1.165, 1.54) is 24.3 Å². The SMILES string of the molecule is C[C@@H]1C[C@H](O)CN(C[C@H](O)CCN2CCN(C(=O)C=Cc3ccc(F)c(Cl)c3)CCC2=O)C1. The van der Waals surface area contributed by atoms with Crippen molar-refractivity contribution in [3.05, 3.63) is 40.7 Å². The third-order valence-corrected chi connectivity index (χ3v) is 6.47. The number of piperidine rings is 1. The van der Waals surface area contributed by atoms with Gasteiger partial charge in [0, 0.05) is 58.3 Å². The van der Waals surface area contributed by atoms with E-state index in [-0.39, 0.29) is 29.4 Å². The topological polar surface area (TPSA) is 84.3 Å². The number of amides is 2. The maximum absolute atomic E-state index is 13.3. The molecule has 0 bridgehead atoms. The molecule has 1 aromatic carbocycles. The van der Waals surface area contributed by atoms with Crippen molar-refractivity contribution in [3.8, 4) is 0 Å². The lowest BCUT2D eigenvalue weighted by Crippen LogP contribution is -2.46. The molecule has 0 saturated carbocycles. The molecular weight excluding hydrogens is 449 g/mol. The van der Waals surface area contributed by atoms with Gasteiger partial charge in [-0.1, -0.05) is 24.6 Å². The minimum atomic E-state index is -0.582. The van der Waals surface area contributed by atoms with Gasteiger partial charge in [0.05, 0.1) is 17.2 Å². The van der Waals surface area contributed by atoms with E-state index in [9.17, 15) is 24.2 Å². The molecule has 2 amide bonds. The summed E-state index contributed by atoms with van der Waals surface area (Å²) >= 11 is 5.77. The molecule has 9 heteroatoms. The molecule has 2 N–H and O–H groups in total. The van der Waals surface area contributed by atoms with Crippen LogP contribution in [0.3, 0.4) is 0 Å². The molecule has 33 heavy (non-hydrogen) atoms. The van der Waals surface area contributed by atoms with E-state index in [1.54, 1.807) is 15.9 Å². The Labute approximate surface area is 199 Å².